The molecule has 120 valence electrons. The predicted molar refractivity (Wildman–Crippen MR) is 99.4 cm³/mol. The van der Waals surface area contributed by atoms with Crippen molar-refractivity contribution in [2.75, 3.05) is 6.54 Å². The summed E-state index contributed by atoms with van der Waals surface area (Å²) in [5.74, 6) is 0.788. The molecule has 2 rings (SSSR count). The van der Waals surface area contributed by atoms with E-state index in [2.05, 4.69) is 44.0 Å². The van der Waals surface area contributed by atoms with Crippen LogP contribution in [0.5, 0.6) is 0 Å². The lowest BCUT2D eigenvalue weighted by Crippen LogP contribution is -2.13. The van der Waals surface area contributed by atoms with Crippen LogP contribution in [-0.4, -0.2) is 12.4 Å². The van der Waals surface area contributed by atoms with Gasteiger partial charge in [0.15, 0.2) is 0 Å². The lowest BCUT2D eigenvalue weighted by molar-refractivity contribution is 0.775. The van der Waals surface area contributed by atoms with Crippen LogP contribution < -0.4 is 11.5 Å². The van der Waals surface area contributed by atoms with Crippen molar-refractivity contribution in [3.05, 3.63) is 76.9 Å². The molecule has 0 spiro atoms. The van der Waals surface area contributed by atoms with E-state index in [4.69, 9.17) is 11.5 Å². The van der Waals surface area contributed by atoms with Crippen LogP contribution in [-0.2, 0) is 0 Å². The van der Waals surface area contributed by atoms with E-state index in [1.165, 1.54) is 16.7 Å². The molecule has 1 atom stereocenters. The largest absolute Gasteiger partial charge is 0.398 e. The second kappa shape index (κ2) is 7.63. The number of hydrogen-bond acceptors (Lipinski definition) is 2. The first kappa shape index (κ1) is 16.8. The third-order valence-electron chi connectivity index (χ3n) is 4.14. The van der Waals surface area contributed by atoms with Crippen LogP contribution in [0.3, 0.4) is 0 Å². The Balaban J connectivity index is 2.10. The zero-order valence-electron chi connectivity index (χ0n) is 14.1. The van der Waals surface area contributed by atoms with Gasteiger partial charge in [0.2, 0.25) is 0 Å². The zero-order valence-corrected chi connectivity index (χ0v) is 14.1. The first-order valence-corrected chi connectivity index (χ1v) is 7.87. The second-order valence-corrected chi connectivity index (χ2v) is 5.92. The SMILES string of the molecule is Cc1cccc(/C(N)=C/C(N)=NCC(C)c2ccccc2)c1C. The molecule has 0 saturated heterocycles. The Morgan fingerprint density at radius 2 is 1.74 bits per heavy atom. The smallest absolute Gasteiger partial charge is 0.120 e. The van der Waals surface area contributed by atoms with E-state index in [1.54, 1.807) is 6.08 Å². The molecule has 2 aromatic carbocycles. The zero-order chi connectivity index (χ0) is 16.8. The van der Waals surface area contributed by atoms with Gasteiger partial charge in [-0.1, -0.05) is 55.5 Å². The van der Waals surface area contributed by atoms with Gasteiger partial charge in [0, 0.05) is 29.8 Å². The van der Waals surface area contributed by atoms with Crippen LogP contribution in [0.2, 0.25) is 0 Å². The molecule has 0 saturated carbocycles. The normalized spacial score (nSPS) is 13.9. The molecule has 0 bridgehead atoms. The molecule has 2 aromatic rings. The number of amidine groups is 1. The number of hydrogen-bond donors (Lipinski definition) is 2. The summed E-state index contributed by atoms with van der Waals surface area (Å²) < 4.78 is 0. The summed E-state index contributed by atoms with van der Waals surface area (Å²) in [7, 11) is 0. The highest BCUT2D eigenvalue weighted by Crippen LogP contribution is 2.18. The number of rotatable bonds is 5. The molecule has 4 N–H and O–H groups in total. The monoisotopic (exact) mass is 307 g/mol. The summed E-state index contributed by atoms with van der Waals surface area (Å²) in [5, 5.41) is 0. The van der Waals surface area contributed by atoms with Crippen molar-refractivity contribution in [3.63, 3.8) is 0 Å². The molecule has 3 nitrogen and oxygen atoms in total. The summed E-state index contributed by atoms with van der Waals surface area (Å²) in [6, 6.07) is 16.4. The molecule has 1 unspecified atom stereocenters. The molecule has 0 amide bonds. The van der Waals surface area contributed by atoms with Crippen molar-refractivity contribution >= 4 is 11.5 Å². The van der Waals surface area contributed by atoms with Gasteiger partial charge >= 0.3 is 0 Å². The van der Waals surface area contributed by atoms with Gasteiger partial charge in [-0.15, -0.1) is 0 Å². The molecule has 3 heteroatoms. The average Bonchev–Trinajstić information content (AvgIpc) is 2.55. The van der Waals surface area contributed by atoms with Gasteiger partial charge in [0.05, 0.1) is 0 Å². The van der Waals surface area contributed by atoms with Crippen LogP contribution in [0.1, 0.15) is 35.1 Å². The Bertz CT molecular complexity index is 715. The Morgan fingerprint density at radius 1 is 1.04 bits per heavy atom. The van der Waals surface area contributed by atoms with E-state index in [9.17, 15) is 0 Å². The summed E-state index contributed by atoms with van der Waals surface area (Å²) in [5.41, 5.74) is 17.5. The van der Waals surface area contributed by atoms with Crippen LogP contribution >= 0.6 is 0 Å². The second-order valence-electron chi connectivity index (χ2n) is 5.92. The van der Waals surface area contributed by atoms with Crippen LogP contribution in [0.15, 0.2) is 59.6 Å². The van der Waals surface area contributed by atoms with E-state index in [0.29, 0.717) is 24.0 Å². The third kappa shape index (κ3) is 4.46. The highest BCUT2D eigenvalue weighted by Gasteiger charge is 2.05. The summed E-state index contributed by atoms with van der Waals surface area (Å²) in [4.78, 5) is 4.46. The molecular weight excluding hydrogens is 282 g/mol. The van der Waals surface area contributed by atoms with Gasteiger partial charge in [0.25, 0.3) is 0 Å². The first-order chi connectivity index (χ1) is 11.0. The van der Waals surface area contributed by atoms with Gasteiger partial charge in [0.1, 0.15) is 5.84 Å². The van der Waals surface area contributed by atoms with Gasteiger partial charge in [-0.3, -0.25) is 4.99 Å². The number of benzene rings is 2. The van der Waals surface area contributed by atoms with E-state index in [0.717, 1.165) is 5.56 Å². The number of nitrogens with two attached hydrogens (primary N) is 2. The maximum absolute atomic E-state index is 6.18. The molecule has 0 aromatic heterocycles. The maximum Gasteiger partial charge on any atom is 0.120 e. The summed E-state index contributed by atoms with van der Waals surface area (Å²) in [6.45, 7) is 6.93. The summed E-state index contributed by atoms with van der Waals surface area (Å²) in [6.07, 6.45) is 1.75. The molecule has 0 fully saturated rings. The van der Waals surface area contributed by atoms with Crippen molar-refractivity contribution in [3.8, 4) is 0 Å². The molecule has 0 aliphatic rings. The number of aliphatic imine (C=N–C) groups is 1. The first-order valence-electron chi connectivity index (χ1n) is 7.87. The van der Waals surface area contributed by atoms with Crippen molar-refractivity contribution in [1.29, 1.82) is 0 Å². The van der Waals surface area contributed by atoms with Crippen LogP contribution in [0.4, 0.5) is 0 Å². The van der Waals surface area contributed by atoms with Crippen molar-refractivity contribution < 1.29 is 0 Å². The maximum atomic E-state index is 6.18. The van der Waals surface area contributed by atoms with Crippen molar-refractivity contribution in [2.24, 2.45) is 16.5 Å². The Labute approximate surface area is 138 Å². The third-order valence-corrected chi connectivity index (χ3v) is 4.14. The lowest BCUT2D eigenvalue weighted by Gasteiger charge is -2.10. The lowest BCUT2D eigenvalue weighted by atomic mass is 10.0. The van der Waals surface area contributed by atoms with Gasteiger partial charge in [-0.25, -0.2) is 0 Å². The average molecular weight is 307 g/mol. The van der Waals surface area contributed by atoms with E-state index >= 15 is 0 Å². The minimum Gasteiger partial charge on any atom is -0.398 e. The quantitative estimate of drug-likeness (QED) is 0.652. The molecule has 0 heterocycles. The fourth-order valence-electron chi connectivity index (χ4n) is 2.48. The molecular formula is C20H25N3. The van der Waals surface area contributed by atoms with Crippen LogP contribution in [0, 0.1) is 13.8 Å². The Morgan fingerprint density at radius 3 is 2.43 bits per heavy atom. The highest BCUT2D eigenvalue weighted by molar-refractivity contribution is 5.97. The molecule has 0 radical (unpaired) electrons. The molecule has 23 heavy (non-hydrogen) atoms. The predicted octanol–water partition coefficient (Wildman–Crippen LogP) is 3.76. The minimum absolute atomic E-state index is 0.324. The topological polar surface area (TPSA) is 64.4 Å². The number of aryl methyl sites for hydroxylation is 1. The Hall–Kier alpha value is -2.55. The van der Waals surface area contributed by atoms with Gasteiger partial charge in [-0.2, -0.15) is 0 Å². The van der Waals surface area contributed by atoms with E-state index < -0.39 is 0 Å². The fourth-order valence-corrected chi connectivity index (χ4v) is 2.48. The minimum atomic E-state index is 0.324. The summed E-state index contributed by atoms with van der Waals surface area (Å²) >= 11 is 0. The molecule has 0 aliphatic carbocycles. The standard InChI is InChI=1S/C20H25N3/c1-14-8-7-11-18(16(14)3)19(21)12-20(22)23-13-15(2)17-9-5-4-6-10-17/h4-12,15H,13,21H2,1-3H3,(H2,22,23)/b19-12-. The Kier molecular flexibility index (Phi) is 5.58. The van der Waals surface area contributed by atoms with E-state index in [1.807, 2.05) is 30.3 Å². The van der Waals surface area contributed by atoms with Crippen LogP contribution in [0.25, 0.3) is 5.70 Å². The van der Waals surface area contributed by atoms with Gasteiger partial charge < -0.3 is 11.5 Å². The number of nitrogens with zero attached hydrogens (tertiary/aromatic N) is 1. The van der Waals surface area contributed by atoms with Crippen molar-refractivity contribution in [2.45, 2.75) is 26.7 Å². The fraction of sp³-hybridized carbons (Fsp3) is 0.250. The van der Waals surface area contributed by atoms with Gasteiger partial charge in [-0.05, 0) is 30.5 Å². The highest BCUT2D eigenvalue weighted by atomic mass is 14.8. The molecule has 0 aliphatic heterocycles. The van der Waals surface area contributed by atoms with E-state index in [-0.39, 0.29) is 0 Å². The van der Waals surface area contributed by atoms with Crippen molar-refractivity contribution in [1.82, 2.24) is 0 Å².